The molecule has 20 heteroatoms. The van der Waals surface area contributed by atoms with Crippen LogP contribution in [0, 0.1) is 13.8 Å². The van der Waals surface area contributed by atoms with Crippen LogP contribution >= 0.6 is 11.6 Å². The first-order valence-electron chi connectivity index (χ1n) is 21.0. The Labute approximate surface area is 381 Å². The molecule has 350 valence electrons. The smallest absolute Gasteiger partial charge is 0.330 e. The van der Waals surface area contributed by atoms with Gasteiger partial charge < -0.3 is 44.9 Å². The molecule has 7 N–H and O–H groups in total. The van der Waals surface area contributed by atoms with Crippen LogP contribution in [0.2, 0.25) is 0 Å². The molecule has 19 nitrogen and oxygen atoms in total. The van der Waals surface area contributed by atoms with E-state index >= 15 is 0 Å². The lowest BCUT2D eigenvalue weighted by Gasteiger charge is -2.34. The predicted octanol–water partition coefficient (Wildman–Crippen LogP) is 1.36. The maximum absolute atomic E-state index is 12.0. The number of hydrogen-bond acceptors (Lipinski definition) is 13. The number of rotatable bonds is 9. The molecule has 5 aromatic rings. The van der Waals surface area contributed by atoms with Crippen LogP contribution in [-0.4, -0.2) is 103 Å². The zero-order valence-electron chi connectivity index (χ0n) is 36.6. The van der Waals surface area contributed by atoms with Gasteiger partial charge in [0, 0.05) is 23.5 Å². The largest absolute Gasteiger partial charge is 0.497 e. The average molecular weight is 931 g/mol. The van der Waals surface area contributed by atoms with Crippen LogP contribution < -0.4 is 42.6 Å². The van der Waals surface area contributed by atoms with Crippen molar-refractivity contribution in [2.45, 2.75) is 92.9 Å². The van der Waals surface area contributed by atoms with Crippen molar-refractivity contribution >= 4 is 23.4 Å². The zero-order chi connectivity index (χ0) is 47.7. The fraction of sp³-hybridized carbons (Fsp3) is 0.391. The minimum atomic E-state index is -1.43. The molecular weight excluding hydrogens is 880 g/mol. The summed E-state index contributed by atoms with van der Waals surface area (Å²) in [6.45, 7) is 4.36. The van der Waals surface area contributed by atoms with Crippen molar-refractivity contribution in [1.82, 2.24) is 29.7 Å². The molecule has 4 aliphatic heterocycles. The van der Waals surface area contributed by atoms with Gasteiger partial charge in [0.15, 0.2) is 12.5 Å². The lowest BCUT2D eigenvalue weighted by Crippen LogP contribution is -2.59. The number of H-pyrrole nitrogens is 2. The number of aromatic nitrogens is 4. The molecule has 0 saturated carbocycles. The number of amides is 2. The summed E-state index contributed by atoms with van der Waals surface area (Å²) < 4.78 is 24.3. The highest BCUT2D eigenvalue weighted by Crippen LogP contribution is 2.45. The lowest BCUT2D eigenvalue weighted by molar-refractivity contribution is -0.149. The van der Waals surface area contributed by atoms with Crippen LogP contribution in [0.3, 0.4) is 0 Å². The molecule has 0 radical (unpaired) electrons. The second-order valence-electron chi connectivity index (χ2n) is 16.5. The molecule has 0 spiro atoms. The SMILES string of the molecule is CC[C@]12CC(=O)N[C@@H](C1O)[C@H](n1cc(C)c(=O)[nH]c1=O)O2.COc1ccc(C(Cl)(c2ccccc2)c2ccc(OC)cc2)cc1.Cc1cn([C@@H]2O[C@@]3(CO)CC(=O)N[C@H]2C3O)c(=O)[nH]c1=O. The summed E-state index contributed by atoms with van der Waals surface area (Å²) in [5.74, 6) is 1.01. The first kappa shape index (κ1) is 47.6. The van der Waals surface area contributed by atoms with Crippen molar-refractivity contribution in [2.75, 3.05) is 20.8 Å². The van der Waals surface area contributed by atoms with E-state index in [0.717, 1.165) is 32.8 Å². The Morgan fingerprint density at radius 3 is 1.47 bits per heavy atom. The van der Waals surface area contributed by atoms with Crippen LogP contribution in [0.4, 0.5) is 0 Å². The van der Waals surface area contributed by atoms with E-state index < -0.39 is 81.9 Å². The molecule has 4 aliphatic rings. The Hall–Kier alpha value is -6.35. The van der Waals surface area contributed by atoms with E-state index in [-0.39, 0.29) is 24.7 Å². The number of piperidine rings is 2. The van der Waals surface area contributed by atoms with Crippen molar-refractivity contribution in [3.63, 3.8) is 0 Å². The van der Waals surface area contributed by atoms with Crippen LogP contribution in [-0.2, 0) is 23.9 Å². The second-order valence-corrected chi connectivity index (χ2v) is 17.1. The minimum absolute atomic E-state index is 0.0503. The van der Waals surface area contributed by atoms with Crippen molar-refractivity contribution in [3.05, 3.63) is 161 Å². The number of aromatic amines is 2. The molecule has 4 saturated heterocycles. The first-order valence-corrected chi connectivity index (χ1v) is 21.4. The van der Waals surface area contributed by atoms with E-state index in [2.05, 4.69) is 20.6 Å². The highest BCUT2D eigenvalue weighted by Gasteiger charge is 2.60. The number of nitrogens with one attached hydrogen (secondary N) is 4. The summed E-state index contributed by atoms with van der Waals surface area (Å²) in [6.07, 6.45) is -0.898. The van der Waals surface area contributed by atoms with Gasteiger partial charge in [0.25, 0.3) is 11.1 Å². The van der Waals surface area contributed by atoms with Gasteiger partial charge in [0.2, 0.25) is 11.8 Å². The summed E-state index contributed by atoms with van der Waals surface area (Å²) in [4.78, 5) is 73.7. The Morgan fingerprint density at radius 1 is 0.667 bits per heavy atom. The number of aliphatic hydroxyl groups is 3. The van der Waals surface area contributed by atoms with Gasteiger partial charge in [-0.25, -0.2) is 9.59 Å². The number of carbonyl (C=O) groups is 2. The summed E-state index contributed by atoms with van der Waals surface area (Å²) in [5.41, 5.74) is -1.10. The van der Waals surface area contributed by atoms with Gasteiger partial charge in [0.05, 0.1) is 33.7 Å². The van der Waals surface area contributed by atoms with E-state index in [0.29, 0.717) is 17.5 Å². The maximum Gasteiger partial charge on any atom is 0.330 e. The third-order valence-electron chi connectivity index (χ3n) is 12.5. The van der Waals surface area contributed by atoms with Crippen LogP contribution in [0.5, 0.6) is 11.5 Å². The van der Waals surface area contributed by atoms with Crippen LogP contribution in [0.25, 0.3) is 0 Å². The molecule has 2 aromatic heterocycles. The predicted molar refractivity (Wildman–Crippen MR) is 238 cm³/mol. The molecule has 2 amide bonds. The molecule has 3 aromatic carbocycles. The normalized spacial score (nSPS) is 26.2. The topological polar surface area (TPSA) is 266 Å². The molecule has 4 bridgehead atoms. The number of benzene rings is 3. The molecule has 2 unspecified atom stereocenters. The summed E-state index contributed by atoms with van der Waals surface area (Å²) in [5, 5.41) is 35.3. The molecule has 0 aliphatic carbocycles. The second kappa shape index (κ2) is 18.9. The molecule has 8 atom stereocenters. The molecule has 6 heterocycles. The Bertz CT molecular complexity index is 2640. The van der Waals surface area contributed by atoms with Crippen molar-refractivity contribution < 1.29 is 43.9 Å². The number of halogens is 1. The van der Waals surface area contributed by atoms with Gasteiger partial charge in [-0.2, -0.15) is 0 Å². The Kier molecular flexibility index (Phi) is 13.6. The number of alkyl halides is 1. The average Bonchev–Trinajstić information content (AvgIpc) is 3.57. The standard InChI is InChI=1S/C21H19ClO2.C13H17N3O5.C12H15N3O6/c1-23-19-12-8-17(9-13-19)21(22,16-6-4-3-5-7-16)18-10-14-20(24-2)15-11-18;1-3-13-4-7(17)14-8(9(13)18)11(21-13)16-5-6(2)10(19)15-12(16)20;1-5-3-15(11(20)14-9(5)19)10-7-8(18)12(4-16,21-10)2-6(17)13-7/h3-15H,1-2H3;5,8-9,11,18H,3-4H2,1-2H3,(H,14,17)(H,15,19,20);3,7-8,10,16,18H,2,4H2,1H3,(H,13,17)(H,14,19,20)/t;8-,9?,11+,13-;7-,8?,10+,12+/m.00/s1. The molecule has 66 heavy (non-hydrogen) atoms. The van der Waals surface area contributed by atoms with Gasteiger partial charge in [-0.05, 0) is 61.2 Å². The number of aliphatic hydroxyl groups excluding tert-OH is 3. The van der Waals surface area contributed by atoms with E-state index in [9.17, 15) is 44.1 Å². The van der Waals surface area contributed by atoms with Crippen molar-refractivity contribution in [3.8, 4) is 11.5 Å². The van der Waals surface area contributed by atoms with Gasteiger partial charge in [-0.3, -0.25) is 38.3 Å². The zero-order valence-corrected chi connectivity index (χ0v) is 37.4. The quantitative estimate of drug-likeness (QED) is 0.0815. The number of carbonyl (C=O) groups excluding carboxylic acids is 2. The summed E-state index contributed by atoms with van der Waals surface area (Å²) >= 11 is 7.22. The van der Waals surface area contributed by atoms with Crippen LogP contribution in [0.1, 0.15) is 66.5 Å². The first-order chi connectivity index (χ1) is 31.4. The van der Waals surface area contributed by atoms with Crippen molar-refractivity contribution in [1.29, 1.82) is 0 Å². The maximum atomic E-state index is 12.0. The van der Waals surface area contributed by atoms with Gasteiger partial charge in [-0.15, -0.1) is 11.6 Å². The van der Waals surface area contributed by atoms with Crippen molar-refractivity contribution in [2.24, 2.45) is 0 Å². The van der Waals surface area contributed by atoms with Gasteiger partial charge in [0.1, 0.15) is 51.9 Å². The summed E-state index contributed by atoms with van der Waals surface area (Å²) in [6, 6.07) is 24.2. The number of aryl methyl sites for hydroxylation is 2. The number of fused-ring (bicyclic) bond motifs is 4. The third-order valence-corrected chi connectivity index (χ3v) is 13.2. The highest BCUT2D eigenvalue weighted by atomic mass is 35.5. The van der Waals surface area contributed by atoms with E-state index in [1.165, 1.54) is 23.9 Å². The number of methoxy groups -OCH3 is 2. The highest BCUT2D eigenvalue weighted by molar-refractivity contribution is 6.28. The van der Waals surface area contributed by atoms with E-state index in [1.807, 2.05) is 85.8 Å². The monoisotopic (exact) mass is 930 g/mol. The number of hydrogen-bond donors (Lipinski definition) is 7. The molecule has 4 fully saturated rings. The van der Waals surface area contributed by atoms with Crippen LogP contribution in [0.15, 0.2) is 110 Å². The Morgan fingerprint density at radius 2 is 1.06 bits per heavy atom. The number of ether oxygens (including phenoxy) is 4. The summed E-state index contributed by atoms with van der Waals surface area (Å²) in [7, 11) is 3.31. The van der Waals surface area contributed by atoms with E-state index in [1.54, 1.807) is 21.1 Å². The number of nitrogens with zero attached hydrogens (tertiary/aromatic N) is 2. The van der Waals surface area contributed by atoms with Gasteiger partial charge >= 0.3 is 11.4 Å². The molecule has 9 rings (SSSR count). The lowest BCUT2D eigenvalue weighted by atomic mass is 9.84. The minimum Gasteiger partial charge on any atom is -0.497 e. The fourth-order valence-electron chi connectivity index (χ4n) is 8.77. The Balaban J connectivity index is 0.000000148. The van der Waals surface area contributed by atoms with E-state index in [4.69, 9.17) is 30.5 Å². The van der Waals surface area contributed by atoms with Gasteiger partial charge in [-0.1, -0.05) is 61.5 Å². The third kappa shape index (κ3) is 8.72. The molecular formula is C46H51ClN6O13. The fourth-order valence-corrected chi connectivity index (χ4v) is 9.14.